The van der Waals surface area contributed by atoms with Crippen molar-refractivity contribution in [3.8, 4) is 0 Å². The first-order valence-electron chi connectivity index (χ1n) is 6.50. The van der Waals surface area contributed by atoms with Gasteiger partial charge in [0.1, 0.15) is 0 Å². The summed E-state index contributed by atoms with van der Waals surface area (Å²) in [5.74, 6) is -0.873. The number of benzene rings is 1. The lowest BCUT2D eigenvalue weighted by Gasteiger charge is -2.13. The van der Waals surface area contributed by atoms with E-state index in [1.165, 1.54) is 12.1 Å². The molecule has 0 bridgehead atoms. The highest BCUT2D eigenvalue weighted by molar-refractivity contribution is 9.10. The van der Waals surface area contributed by atoms with Gasteiger partial charge in [-0.05, 0) is 60.1 Å². The highest BCUT2D eigenvalue weighted by Gasteiger charge is 2.24. The van der Waals surface area contributed by atoms with E-state index in [1.54, 1.807) is 0 Å². The molecule has 1 aromatic rings. The molecule has 0 saturated carbocycles. The van der Waals surface area contributed by atoms with Crippen LogP contribution < -0.4 is 4.72 Å². The number of likely N-dealkylation sites (tertiary alicyclic amines) is 1. The zero-order valence-corrected chi connectivity index (χ0v) is 13.9. The van der Waals surface area contributed by atoms with E-state index in [9.17, 15) is 13.2 Å². The van der Waals surface area contributed by atoms with Crippen LogP contribution in [0, 0.1) is 5.92 Å². The average Bonchev–Trinajstić information content (AvgIpc) is 2.82. The fourth-order valence-corrected chi connectivity index (χ4v) is 4.44. The molecule has 0 amide bonds. The van der Waals surface area contributed by atoms with Gasteiger partial charge in [0.15, 0.2) is 0 Å². The number of carboxylic acid groups (broad SMARTS) is 1. The molecule has 1 aliphatic heterocycles. The maximum Gasteiger partial charge on any atom is 0.335 e. The number of nitrogens with zero attached hydrogens (tertiary/aromatic N) is 1. The molecular weight excluding hydrogens is 360 g/mol. The van der Waals surface area contributed by atoms with Crippen LogP contribution in [-0.4, -0.2) is 51.1 Å². The second kappa shape index (κ2) is 6.43. The zero-order chi connectivity index (χ0) is 15.6. The van der Waals surface area contributed by atoms with Gasteiger partial charge in [-0.2, -0.15) is 0 Å². The van der Waals surface area contributed by atoms with E-state index in [0.29, 0.717) is 11.0 Å². The zero-order valence-electron chi connectivity index (χ0n) is 11.5. The number of halogens is 1. The minimum Gasteiger partial charge on any atom is -0.478 e. The van der Waals surface area contributed by atoms with Crippen molar-refractivity contribution in [1.82, 2.24) is 9.62 Å². The van der Waals surface area contributed by atoms with Gasteiger partial charge in [-0.1, -0.05) is 0 Å². The van der Waals surface area contributed by atoms with Crippen molar-refractivity contribution in [1.29, 1.82) is 0 Å². The predicted octanol–water partition coefficient (Wildman–Crippen LogP) is 1.38. The summed E-state index contributed by atoms with van der Waals surface area (Å²) < 4.78 is 27.6. The third-order valence-corrected chi connectivity index (χ3v) is 5.94. The van der Waals surface area contributed by atoms with Crippen LogP contribution in [0.5, 0.6) is 0 Å². The Bertz CT molecular complexity index is 648. The van der Waals surface area contributed by atoms with Crippen molar-refractivity contribution in [2.24, 2.45) is 5.92 Å². The normalized spacial score (nSPS) is 19.8. The molecule has 1 unspecified atom stereocenters. The van der Waals surface area contributed by atoms with Gasteiger partial charge in [0.25, 0.3) is 0 Å². The third kappa shape index (κ3) is 4.03. The summed E-state index contributed by atoms with van der Waals surface area (Å²) in [6.07, 6.45) is 0.954. The first-order chi connectivity index (χ1) is 9.79. The topological polar surface area (TPSA) is 86.7 Å². The van der Waals surface area contributed by atoms with Gasteiger partial charge in [-0.25, -0.2) is 17.9 Å². The smallest absolute Gasteiger partial charge is 0.335 e. The molecular formula is C13H17BrN2O4S. The molecule has 2 N–H and O–H groups in total. The van der Waals surface area contributed by atoms with E-state index in [2.05, 4.69) is 25.6 Å². The maximum absolute atomic E-state index is 12.3. The Morgan fingerprint density at radius 3 is 2.81 bits per heavy atom. The lowest BCUT2D eigenvalue weighted by atomic mass is 10.1. The van der Waals surface area contributed by atoms with Gasteiger partial charge in [0.05, 0.1) is 10.5 Å². The van der Waals surface area contributed by atoms with Crippen molar-refractivity contribution in [3.63, 3.8) is 0 Å². The number of rotatable bonds is 5. The number of sulfonamides is 1. The summed E-state index contributed by atoms with van der Waals surface area (Å²) in [6, 6.07) is 3.95. The second-order valence-electron chi connectivity index (χ2n) is 5.22. The molecule has 1 aliphatic rings. The molecule has 2 rings (SSSR count). The lowest BCUT2D eigenvalue weighted by molar-refractivity contribution is 0.0696. The second-order valence-corrected chi connectivity index (χ2v) is 7.81. The van der Waals surface area contributed by atoms with Crippen molar-refractivity contribution >= 4 is 31.9 Å². The van der Waals surface area contributed by atoms with Crippen molar-refractivity contribution < 1.29 is 18.3 Å². The molecule has 116 valence electrons. The summed E-state index contributed by atoms with van der Waals surface area (Å²) in [7, 11) is -1.73. The monoisotopic (exact) mass is 376 g/mol. The molecule has 0 spiro atoms. The van der Waals surface area contributed by atoms with E-state index < -0.39 is 16.0 Å². The molecule has 0 aliphatic carbocycles. The predicted molar refractivity (Wildman–Crippen MR) is 81.9 cm³/mol. The Labute approximate surface area is 132 Å². The minimum absolute atomic E-state index is 0.0475. The molecule has 0 aromatic heterocycles. The average molecular weight is 377 g/mol. The summed E-state index contributed by atoms with van der Waals surface area (Å²) in [5, 5.41) is 8.96. The van der Waals surface area contributed by atoms with E-state index in [-0.39, 0.29) is 16.4 Å². The number of aromatic carboxylic acids is 1. The summed E-state index contributed by atoms with van der Waals surface area (Å²) >= 11 is 3.16. The number of carbonyl (C=O) groups is 1. The quantitative estimate of drug-likeness (QED) is 0.810. The van der Waals surface area contributed by atoms with Gasteiger partial charge in [0, 0.05) is 17.6 Å². The van der Waals surface area contributed by atoms with Crippen molar-refractivity contribution in [2.75, 3.05) is 26.7 Å². The molecule has 1 heterocycles. The van der Waals surface area contributed by atoms with E-state index >= 15 is 0 Å². The third-order valence-electron chi connectivity index (χ3n) is 3.52. The lowest BCUT2D eigenvalue weighted by Crippen LogP contribution is -2.31. The van der Waals surface area contributed by atoms with Crippen molar-refractivity contribution in [2.45, 2.75) is 11.3 Å². The van der Waals surface area contributed by atoms with Crippen molar-refractivity contribution in [3.05, 3.63) is 28.2 Å². The van der Waals surface area contributed by atoms with Crippen LogP contribution in [0.4, 0.5) is 0 Å². The van der Waals surface area contributed by atoms with Gasteiger partial charge >= 0.3 is 5.97 Å². The van der Waals surface area contributed by atoms with E-state index in [1.807, 2.05) is 7.05 Å². The molecule has 1 atom stereocenters. The molecule has 8 heteroatoms. The Morgan fingerprint density at radius 2 is 2.24 bits per heavy atom. The van der Waals surface area contributed by atoms with Crippen LogP contribution in [0.1, 0.15) is 16.8 Å². The van der Waals surface area contributed by atoms with Crippen LogP contribution >= 0.6 is 15.9 Å². The summed E-state index contributed by atoms with van der Waals surface area (Å²) in [4.78, 5) is 13.1. The molecule has 0 radical (unpaired) electrons. The Morgan fingerprint density at radius 1 is 1.52 bits per heavy atom. The standard InChI is InChI=1S/C13H17BrN2O4S/c1-16-5-4-9(8-16)7-15-21(19,20)12-6-10(13(17)18)2-3-11(12)14/h2-3,6,9,15H,4-5,7-8H2,1H3,(H,17,18). The highest BCUT2D eigenvalue weighted by Crippen LogP contribution is 2.24. The Kier molecular flexibility index (Phi) is 5.03. The summed E-state index contributed by atoms with van der Waals surface area (Å²) in [6.45, 7) is 2.18. The molecule has 1 aromatic carbocycles. The minimum atomic E-state index is -3.73. The molecule has 21 heavy (non-hydrogen) atoms. The van der Waals surface area contributed by atoms with Crippen LogP contribution in [0.2, 0.25) is 0 Å². The Balaban J connectivity index is 2.15. The van der Waals surface area contributed by atoms with Gasteiger partial charge in [-0.15, -0.1) is 0 Å². The van der Waals surface area contributed by atoms with E-state index in [0.717, 1.165) is 25.6 Å². The maximum atomic E-state index is 12.3. The van der Waals surface area contributed by atoms with Gasteiger partial charge in [-0.3, -0.25) is 0 Å². The van der Waals surface area contributed by atoms with Gasteiger partial charge in [0.2, 0.25) is 10.0 Å². The largest absolute Gasteiger partial charge is 0.478 e. The Hall–Kier alpha value is -0.960. The SMILES string of the molecule is CN1CCC(CNS(=O)(=O)c2cc(C(=O)O)ccc2Br)C1. The fourth-order valence-electron chi connectivity index (χ4n) is 2.34. The fraction of sp³-hybridized carbons (Fsp3) is 0.462. The number of hydrogen-bond donors (Lipinski definition) is 2. The first-order valence-corrected chi connectivity index (χ1v) is 8.78. The van der Waals surface area contributed by atoms with E-state index in [4.69, 9.17) is 5.11 Å². The highest BCUT2D eigenvalue weighted by atomic mass is 79.9. The van der Waals surface area contributed by atoms with Gasteiger partial charge < -0.3 is 10.0 Å². The molecule has 1 fully saturated rings. The number of nitrogens with one attached hydrogen (secondary N) is 1. The number of carboxylic acids is 1. The first kappa shape index (κ1) is 16.4. The molecule has 1 saturated heterocycles. The van der Waals surface area contributed by atoms with Crippen LogP contribution in [0.3, 0.4) is 0 Å². The molecule has 6 nitrogen and oxygen atoms in total. The number of hydrogen-bond acceptors (Lipinski definition) is 4. The van der Waals surface area contributed by atoms with Crippen LogP contribution in [-0.2, 0) is 10.0 Å². The van der Waals surface area contributed by atoms with Crippen LogP contribution in [0.15, 0.2) is 27.6 Å². The summed E-state index contributed by atoms with van der Waals surface area (Å²) in [5.41, 5.74) is -0.0563. The van der Waals surface area contributed by atoms with Crippen LogP contribution in [0.25, 0.3) is 0 Å².